The number of allylic oxidation sites excluding steroid dienone is 8. The van der Waals surface area contributed by atoms with Crippen LogP contribution in [0.1, 0.15) is 278 Å². The van der Waals surface area contributed by atoms with Crippen molar-refractivity contribution in [1.82, 2.24) is 0 Å². The Labute approximate surface area is 386 Å². The van der Waals surface area contributed by atoms with Crippen LogP contribution in [-0.2, 0) is 23.8 Å². The van der Waals surface area contributed by atoms with Gasteiger partial charge in [-0.15, -0.1) is 0 Å². The SMILES string of the molecule is CC/C=C\C/C=C\C/C=C\C/C=C\CCCCC(=O)O[C@H](COCCCCCCCCCCCCCCCCCC)COC(=O)CCCCCCCCCCCCCCCCC. The molecule has 0 radical (unpaired) electrons. The minimum Gasteiger partial charge on any atom is -0.462 e. The van der Waals surface area contributed by atoms with Crippen molar-refractivity contribution >= 4 is 11.9 Å². The summed E-state index contributed by atoms with van der Waals surface area (Å²) in [5.41, 5.74) is 0. The lowest BCUT2D eigenvalue weighted by molar-refractivity contribution is -0.163. The zero-order valence-electron chi connectivity index (χ0n) is 41.6. The third kappa shape index (κ3) is 50.5. The summed E-state index contributed by atoms with van der Waals surface area (Å²) in [6.07, 6.45) is 65.5. The summed E-state index contributed by atoms with van der Waals surface area (Å²) >= 11 is 0. The third-order valence-electron chi connectivity index (χ3n) is 11.9. The molecule has 0 amide bonds. The second kappa shape index (κ2) is 53.2. The summed E-state index contributed by atoms with van der Waals surface area (Å²) in [4.78, 5) is 25.4. The average molecular weight is 869 g/mol. The van der Waals surface area contributed by atoms with E-state index in [9.17, 15) is 9.59 Å². The van der Waals surface area contributed by atoms with Crippen LogP contribution in [0.4, 0.5) is 0 Å². The summed E-state index contributed by atoms with van der Waals surface area (Å²) in [7, 11) is 0. The predicted octanol–water partition coefficient (Wildman–Crippen LogP) is 18.3. The van der Waals surface area contributed by atoms with E-state index in [2.05, 4.69) is 69.4 Å². The number of esters is 2. The maximum absolute atomic E-state index is 12.8. The van der Waals surface area contributed by atoms with Crippen molar-refractivity contribution in [2.45, 2.75) is 284 Å². The molecule has 0 bridgehead atoms. The van der Waals surface area contributed by atoms with E-state index in [1.165, 1.54) is 173 Å². The van der Waals surface area contributed by atoms with Gasteiger partial charge in [-0.1, -0.05) is 256 Å². The number of carbonyl (C=O) groups is 2. The fourth-order valence-electron chi connectivity index (χ4n) is 7.86. The molecule has 0 fully saturated rings. The van der Waals surface area contributed by atoms with Crippen LogP contribution in [0.3, 0.4) is 0 Å². The maximum Gasteiger partial charge on any atom is 0.306 e. The van der Waals surface area contributed by atoms with Gasteiger partial charge in [0.15, 0.2) is 6.10 Å². The second-order valence-corrected chi connectivity index (χ2v) is 18.1. The van der Waals surface area contributed by atoms with Gasteiger partial charge in [0.1, 0.15) is 6.61 Å². The minimum absolute atomic E-state index is 0.0736. The van der Waals surface area contributed by atoms with E-state index in [4.69, 9.17) is 14.2 Å². The van der Waals surface area contributed by atoms with Crippen LogP contribution in [0.2, 0.25) is 0 Å². The summed E-state index contributed by atoms with van der Waals surface area (Å²) in [6, 6.07) is 0. The van der Waals surface area contributed by atoms with Crippen molar-refractivity contribution in [3.63, 3.8) is 0 Å². The van der Waals surface area contributed by atoms with Crippen molar-refractivity contribution in [1.29, 1.82) is 0 Å². The summed E-state index contributed by atoms with van der Waals surface area (Å²) in [5.74, 6) is -0.430. The van der Waals surface area contributed by atoms with Gasteiger partial charge >= 0.3 is 11.9 Å². The van der Waals surface area contributed by atoms with Gasteiger partial charge in [0.25, 0.3) is 0 Å². The Kier molecular flexibility index (Phi) is 51.4. The molecule has 362 valence electrons. The lowest BCUT2D eigenvalue weighted by Crippen LogP contribution is -2.30. The van der Waals surface area contributed by atoms with Crippen LogP contribution in [-0.4, -0.2) is 37.9 Å². The van der Waals surface area contributed by atoms with Crippen molar-refractivity contribution in [2.24, 2.45) is 0 Å². The Bertz CT molecular complexity index is 1030. The van der Waals surface area contributed by atoms with E-state index in [0.717, 1.165) is 70.6 Å². The number of unbranched alkanes of at least 4 members (excludes halogenated alkanes) is 31. The zero-order chi connectivity index (χ0) is 44.9. The molecule has 0 unspecified atom stereocenters. The second-order valence-electron chi connectivity index (χ2n) is 18.1. The molecule has 1 atom stereocenters. The van der Waals surface area contributed by atoms with Gasteiger partial charge in [0, 0.05) is 19.4 Å². The van der Waals surface area contributed by atoms with Gasteiger partial charge in [-0.25, -0.2) is 0 Å². The summed E-state index contributed by atoms with van der Waals surface area (Å²) in [5, 5.41) is 0. The molecule has 0 aliphatic rings. The molecule has 0 spiro atoms. The van der Waals surface area contributed by atoms with E-state index in [0.29, 0.717) is 19.4 Å². The molecule has 0 N–H and O–H groups in total. The average Bonchev–Trinajstić information content (AvgIpc) is 3.27. The fraction of sp³-hybridized carbons (Fsp3) is 0.825. The highest BCUT2D eigenvalue weighted by Crippen LogP contribution is 2.16. The quantitative estimate of drug-likeness (QED) is 0.0346. The van der Waals surface area contributed by atoms with Crippen LogP contribution < -0.4 is 0 Å². The highest BCUT2D eigenvalue weighted by molar-refractivity contribution is 5.70. The molecule has 0 rings (SSSR count). The van der Waals surface area contributed by atoms with Crippen LogP contribution >= 0.6 is 0 Å². The van der Waals surface area contributed by atoms with E-state index < -0.39 is 6.10 Å². The van der Waals surface area contributed by atoms with Crippen LogP contribution in [0.5, 0.6) is 0 Å². The number of rotatable bonds is 50. The first-order valence-corrected chi connectivity index (χ1v) is 27.2. The standard InChI is InChI=1S/C57H104O5/c1-4-7-10-13-16-19-22-25-28-31-34-37-40-43-46-49-52-60-53-55(62-57(59)51-48-45-42-39-36-33-30-27-24-21-18-15-12-9-6-3)54-61-56(58)50-47-44-41-38-35-32-29-26-23-20-17-14-11-8-5-2/h9,12,18,21,27,30,36,39,55H,4-8,10-11,13-17,19-20,22-26,28-29,31-35,37-38,40-54H2,1-3H3/b12-9-,21-18-,30-27-,39-36-/t55-/m1/s1. The fourth-order valence-corrected chi connectivity index (χ4v) is 7.86. The molecule has 0 aromatic heterocycles. The summed E-state index contributed by atoms with van der Waals surface area (Å²) in [6.45, 7) is 7.72. The maximum atomic E-state index is 12.8. The van der Waals surface area contributed by atoms with Crippen molar-refractivity contribution in [3.05, 3.63) is 48.6 Å². The number of hydrogen-bond acceptors (Lipinski definition) is 5. The highest BCUT2D eigenvalue weighted by atomic mass is 16.6. The molecule has 0 aromatic carbocycles. The Morgan fingerprint density at radius 2 is 0.726 bits per heavy atom. The topological polar surface area (TPSA) is 61.8 Å². The first kappa shape index (κ1) is 59.9. The molecular formula is C57H104O5. The lowest BCUT2D eigenvalue weighted by atomic mass is 10.0. The van der Waals surface area contributed by atoms with Gasteiger partial charge in [0.2, 0.25) is 0 Å². The molecule has 0 heterocycles. The van der Waals surface area contributed by atoms with Crippen LogP contribution in [0.15, 0.2) is 48.6 Å². The van der Waals surface area contributed by atoms with Crippen LogP contribution in [0.25, 0.3) is 0 Å². The monoisotopic (exact) mass is 869 g/mol. The van der Waals surface area contributed by atoms with Crippen molar-refractivity contribution < 1.29 is 23.8 Å². The zero-order valence-corrected chi connectivity index (χ0v) is 41.6. The Morgan fingerprint density at radius 1 is 0.371 bits per heavy atom. The molecule has 0 aliphatic heterocycles. The molecule has 0 aliphatic carbocycles. The van der Waals surface area contributed by atoms with Gasteiger partial charge in [-0.2, -0.15) is 0 Å². The smallest absolute Gasteiger partial charge is 0.306 e. The van der Waals surface area contributed by atoms with E-state index in [1.807, 2.05) is 0 Å². The number of hydrogen-bond donors (Lipinski definition) is 0. The lowest BCUT2D eigenvalue weighted by Gasteiger charge is -2.18. The first-order chi connectivity index (χ1) is 30.6. The first-order valence-electron chi connectivity index (χ1n) is 27.2. The number of ether oxygens (including phenoxy) is 3. The molecule has 0 saturated heterocycles. The molecule has 62 heavy (non-hydrogen) atoms. The molecule has 5 nitrogen and oxygen atoms in total. The van der Waals surface area contributed by atoms with Crippen molar-refractivity contribution in [2.75, 3.05) is 19.8 Å². The van der Waals surface area contributed by atoms with Gasteiger partial charge in [0.05, 0.1) is 6.61 Å². The molecular weight excluding hydrogens is 765 g/mol. The van der Waals surface area contributed by atoms with Gasteiger partial charge in [-0.05, 0) is 57.8 Å². The molecule has 0 saturated carbocycles. The normalized spacial score (nSPS) is 12.5. The summed E-state index contributed by atoms with van der Waals surface area (Å²) < 4.78 is 17.4. The largest absolute Gasteiger partial charge is 0.462 e. The Morgan fingerprint density at radius 3 is 1.16 bits per heavy atom. The van der Waals surface area contributed by atoms with Crippen LogP contribution in [0, 0.1) is 0 Å². The Hall–Kier alpha value is -2.14. The van der Waals surface area contributed by atoms with E-state index >= 15 is 0 Å². The molecule has 0 aromatic rings. The third-order valence-corrected chi connectivity index (χ3v) is 11.9. The predicted molar refractivity (Wildman–Crippen MR) is 270 cm³/mol. The highest BCUT2D eigenvalue weighted by Gasteiger charge is 2.17. The van der Waals surface area contributed by atoms with Gasteiger partial charge in [-0.3, -0.25) is 9.59 Å². The Balaban J connectivity index is 4.29. The number of carbonyl (C=O) groups excluding carboxylic acids is 2. The minimum atomic E-state index is -0.553. The van der Waals surface area contributed by atoms with E-state index in [-0.39, 0.29) is 25.2 Å². The van der Waals surface area contributed by atoms with Gasteiger partial charge < -0.3 is 14.2 Å². The molecule has 5 heteroatoms. The van der Waals surface area contributed by atoms with E-state index in [1.54, 1.807) is 0 Å². The van der Waals surface area contributed by atoms with Crippen molar-refractivity contribution in [3.8, 4) is 0 Å².